The van der Waals surface area contributed by atoms with Crippen molar-refractivity contribution in [3.8, 4) is 11.5 Å². The zero-order valence-electron chi connectivity index (χ0n) is 16.0. The normalized spacial score (nSPS) is 15.9. The predicted octanol–water partition coefficient (Wildman–Crippen LogP) is 1.79. The molecule has 1 fully saturated rings. The Balaban J connectivity index is 0.00000338. The van der Waals surface area contributed by atoms with Gasteiger partial charge in [0.25, 0.3) is 0 Å². The first-order valence-corrected chi connectivity index (χ1v) is 8.59. The van der Waals surface area contributed by atoms with E-state index in [1.54, 1.807) is 26.3 Å². The summed E-state index contributed by atoms with van der Waals surface area (Å²) in [7, 11) is 3.35. The number of ether oxygens (including phenoxy) is 2. The Morgan fingerprint density at radius 1 is 1.31 bits per heavy atom. The van der Waals surface area contributed by atoms with Gasteiger partial charge in [0.2, 0.25) is 0 Å². The van der Waals surface area contributed by atoms with E-state index in [1.807, 2.05) is 6.07 Å². The van der Waals surface area contributed by atoms with E-state index in [0.29, 0.717) is 18.3 Å². The van der Waals surface area contributed by atoms with Crippen LogP contribution >= 0.6 is 24.0 Å². The largest absolute Gasteiger partial charge is 0.508 e. The Morgan fingerprint density at radius 2 is 2.00 bits per heavy atom. The monoisotopic (exact) mass is 478 g/mol. The molecular formula is C18H31IN4O3. The Kier molecular flexibility index (Phi) is 9.45. The number of phenolic OH excluding ortho intramolecular Hbond substituents is 1. The van der Waals surface area contributed by atoms with E-state index >= 15 is 0 Å². The molecule has 1 heterocycles. The molecule has 0 spiro atoms. The minimum Gasteiger partial charge on any atom is -0.508 e. The van der Waals surface area contributed by atoms with Crippen LogP contribution in [0.25, 0.3) is 0 Å². The van der Waals surface area contributed by atoms with Crippen molar-refractivity contribution < 1.29 is 14.6 Å². The summed E-state index contributed by atoms with van der Waals surface area (Å²) in [6.45, 7) is 9.10. The van der Waals surface area contributed by atoms with Crippen LogP contribution in [0.2, 0.25) is 0 Å². The van der Waals surface area contributed by atoms with Crippen molar-refractivity contribution in [2.24, 2.45) is 4.99 Å². The fraction of sp³-hybridized carbons (Fsp3) is 0.611. The van der Waals surface area contributed by atoms with Crippen LogP contribution in [0.1, 0.15) is 19.4 Å². The van der Waals surface area contributed by atoms with E-state index in [2.05, 4.69) is 34.4 Å². The van der Waals surface area contributed by atoms with Crippen molar-refractivity contribution in [2.45, 2.75) is 25.9 Å². The fourth-order valence-electron chi connectivity index (χ4n) is 2.81. The molecule has 0 bridgehead atoms. The molecule has 0 amide bonds. The van der Waals surface area contributed by atoms with E-state index in [4.69, 9.17) is 9.47 Å². The Labute approximate surface area is 173 Å². The molecule has 1 aromatic rings. The number of nitrogens with zero attached hydrogens (tertiary/aromatic N) is 2. The average molecular weight is 478 g/mol. The number of methoxy groups -OCH3 is 1. The molecule has 0 atom stereocenters. The van der Waals surface area contributed by atoms with Crippen LogP contribution < -0.4 is 15.4 Å². The second-order valence-electron chi connectivity index (χ2n) is 6.69. The molecule has 0 radical (unpaired) electrons. The van der Waals surface area contributed by atoms with Crippen molar-refractivity contribution >= 4 is 29.9 Å². The molecule has 26 heavy (non-hydrogen) atoms. The van der Waals surface area contributed by atoms with Gasteiger partial charge in [0.15, 0.2) is 5.96 Å². The number of guanidine groups is 1. The number of halogens is 1. The van der Waals surface area contributed by atoms with Gasteiger partial charge in [-0.2, -0.15) is 0 Å². The number of hydrogen-bond acceptors (Lipinski definition) is 5. The number of rotatable bonds is 6. The van der Waals surface area contributed by atoms with Crippen molar-refractivity contribution in [1.29, 1.82) is 0 Å². The number of hydrogen-bond donors (Lipinski definition) is 3. The molecule has 1 aromatic carbocycles. The number of nitrogens with one attached hydrogen (secondary N) is 2. The molecule has 0 unspecified atom stereocenters. The maximum Gasteiger partial charge on any atom is 0.191 e. The van der Waals surface area contributed by atoms with Gasteiger partial charge in [-0.05, 0) is 32.0 Å². The molecular weight excluding hydrogens is 447 g/mol. The third kappa shape index (κ3) is 6.48. The second kappa shape index (κ2) is 10.8. The molecule has 0 aromatic heterocycles. The van der Waals surface area contributed by atoms with Crippen LogP contribution in [0.15, 0.2) is 23.2 Å². The summed E-state index contributed by atoms with van der Waals surface area (Å²) in [5, 5.41) is 16.6. The Bertz CT molecular complexity index is 590. The van der Waals surface area contributed by atoms with Gasteiger partial charge in [0.05, 0.1) is 20.3 Å². The summed E-state index contributed by atoms with van der Waals surface area (Å²) < 4.78 is 10.6. The molecule has 1 aliphatic heterocycles. The van der Waals surface area contributed by atoms with Gasteiger partial charge in [0.1, 0.15) is 11.5 Å². The molecule has 7 nitrogen and oxygen atoms in total. The zero-order chi connectivity index (χ0) is 18.3. The molecule has 148 valence electrons. The van der Waals surface area contributed by atoms with Crippen molar-refractivity contribution in [2.75, 3.05) is 47.0 Å². The van der Waals surface area contributed by atoms with Gasteiger partial charge in [0, 0.05) is 44.3 Å². The maximum atomic E-state index is 9.97. The van der Waals surface area contributed by atoms with Crippen LogP contribution in [0, 0.1) is 0 Å². The van der Waals surface area contributed by atoms with Crippen LogP contribution in [-0.2, 0) is 11.3 Å². The number of aromatic hydroxyl groups is 1. The lowest BCUT2D eigenvalue weighted by Gasteiger charge is -2.41. The van der Waals surface area contributed by atoms with Gasteiger partial charge in [-0.3, -0.25) is 9.89 Å². The molecule has 2 rings (SSSR count). The minimum absolute atomic E-state index is 0. The van der Waals surface area contributed by atoms with E-state index in [9.17, 15) is 5.11 Å². The maximum absolute atomic E-state index is 9.97. The Morgan fingerprint density at radius 3 is 2.62 bits per heavy atom. The third-order valence-electron chi connectivity index (χ3n) is 4.51. The summed E-state index contributed by atoms with van der Waals surface area (Å²) in [4.78, 5) is 6.68. The van der Waals surface area contributed by atoms with Crippen molar-refractivity contribution in [3.05, 3.63) is 23.8 Å². The lowest BCUT2D eigenvalue weighted by Crippen LogP contribution is -2.56. The average Bonchev–Trinajstić information content (AvgIpc) is 2.64. The summed E-state index contributed by atoms with van der Waals surface area (Å²) in [5.41, 5.74) is 0.759. The van der Waals surface area contributed by atoms with Gasteiger partial charge in [-0.25, -0.2) is 0 Å². The smallest absolute Gasteiger partial charge is 0.191 e. The highest BCUT2D eigenvalue weighted by Crippen LogP contribution is 2.22. The van der Waals surface area contributed by atoms with E-state index < -0.39 is 0 Å². The van der Waals surface area contributed by atoms with Gasteiger partial charge in [-0.15, -0.1) is 24.0 Å². The highest BCUT2D eigenvalue weighted by Gasteiger charge is 2.28. The van der Waals surface area contributed by atoms with Gasteiger partial charge < -0.3 is 25.2 Å². The first-order chi connectivity index (χ1) is 12.0. The van der Waals surface area contributed by atoms with E-state index in [0.717, 1.165) is 38.4 Å². The summed E-state index contributed by atoms with van der Waals surface area (Å²) >= 11 is 0. The minimum atomic E-state index is -0.000490. The van der Waals surface area contributed by atoms with Crippen molar-refractivity contribution in [1.82, 2.24) is 15.5 Å². The molecule has 3 N–H and O–H groups in total. The number of benzene rings is 1. The number of morpholine rings is 1. The summed E-state index contributed by atoms with van der Waals surface area (Å²) in [5.74, 6) is 1.65. The molecule has 0 aliphatic carbocycles. The quantitative estimate of drug-likeness (QED) is 0.329. The van der Waals surface area contributed by atoms with Crippen LogP contribution in [0.3, 0.4) is 0 Å². The summed E-state index contributed by atoms with van der Waals surface area (Å²) in [6, 6.07) is 5.18. The highest BCUT2D eigenvalue weighted by atomic mass is 127. The molecule has 0 saturated carbocycles. The van der Waals surface area contributed by atoms with Crippen LogP contribution in [0.4, 0.5) is 0 Å². The lowest BCUT2D eigenvalue weighted by molar-refractivity contribution is -0.00834. The number of phenols is 1. The molecule has 1 saturated heterocycles. The van der Waals surface area contributed by atoms with Gasteiger partial charge in [-0.1, -0.05) is 0 Å². The SMILES string of the molecule is CN=C(NCc1cc(OC)ccc1O)NCC(C)(C)N1CCOCC1.I. The first-order valence-electron chi connectivity index (χ1n) is 8.59. The van der Waals surface area contributed by atoms with Crippen LogP contribution in [0.5, 0.6) is 11.5 Å². The Hall–Kier alpha value is -1.26. The third-order valence-corrected chi connectivity index (χ3v) is 4.51. The standard InChI is InChI=1S/C18H30N4O3.HI/c1-18(2,22-7-9-25-10-8-22)13-21-17(19-3)20-12-14-11-15(24-4)5-6-16(14)23;/h5-6,11,23H,7-10,12-13H2,1-4H3,(H2,19,20,21);1H. The predicted molar refractivity (Wildman–Crippen MR) is 115 cm³/mol. The van der Waals surface area contributed by atoms with Gasteiger partial charge >= 0.3 is 0 Å². The first kappa shape index (κ1) is 22.8. The topological polar surface area (TPSA) is 78.4 Å². The highest BCUT2D eigenvalue weighted by molar-refractivity contribution is 14.0. The van der Waals surface area contributed by atoms with Crippen LogP contribution in [-0.4, -0.2) is 68.5 Å². The fourth-order valence-corrected chi connectivity index (χ4v) is 2.81. The van der Waals surface area contributed by atoms with Crippen molar-refractivity contribution in [3.63, 3.8) is 0 Å². The molecule has 8 heteroatoms. The van der Waals surface area contributed by atoms with E-state index in [-0.39, 0.29) is 35.3 Å². The summed E-state index contributed by atoms with van der Waals surface area (Å²) in [6.07, 6.45) is 0. The zero-order valence-corrected chi connectivity index (χ0v) is 18.4. The molecule has 1 aliphatic rings. The lowest BCUT2D eigenvalue weighted by atomic mass is 10.0. The number of aliphatic imine (C=N–C) groups is 1. The second-order valence-corrected chi connectivity index (χ2v) is 6.69. The van der Waals surface area contributed by atoms with E-state index in [1.165, 1.54) is 0 Å².